The van der Waals surface area contributed by atoms with E-state index < -0.39 is 4.92 Å². The van der Waals surface area contributed by atoms with E-state index >= 15 is 0 Å². The lowest BCUT2D eigenvalue weighted by molar-refractivity contribution is -0.385. The molecule has 0 atom stereocenters. The third-order valence-electron chi connectivity index (χ3n) is 2.74. The van der Waals surface area contributed by atoms with Gasteiger partial charge in [-0.15, -0.1) is 0 Å². The van der Waals surface area contributed by atoms with Crippen molar-refractivity contribution in [1.82, 2.24) is 9.55 Å². The Morgan fingerprint density at radius 3 is 2.89 bits per heavy atom. The maximum atomic E-state index is 10.8. The van der Waals surface area contributed by atoms with E-state index in [1.54, 1.807) is 24.5 Å². The van der Waals surface area contributed by atoms with E-state index in [9.17, 15) is 15.2 Å². The summed E-state index contributed by atoms with van der Waals surface area (Å²) >= 11 is 0. The van der Waals surface area contributed by atoms with Crippen LogP contribution >= 0.6 is 0 Å². The van der Waals surface area contributed by atoms with Gasteiger partial charge in [-0.1, -0.05) is 6.92 Å². The van der Waals surface area contributed by atoms with E-state index in [0.29, 0.717) is 5.56 Å². The van der Waals surface area contributed by atoms with Crippen molar-refractivity contribution in [3.05, 3.63) is 52.1 Å². The molecule has 0 bridgehead atoms. The van der Waals surface area contributed by atoms with Gasteiger partial charge in [0.1, 0.15) is 5.82 Å². The second-order valence-corrected chi connectivity index (χ2v) is 3.80. The van der Waals surface area contributed by atoms with Crippen LogP contribution in [0, 0.1) is 10.1 Å². The standard InChI is InChI=1S/C12H13N3O3/c1-2-12-13-5-6-14(12)10-3-4-11(15(17)18)9(7-10)8-16/h3-7,16H,2,8H2,1H3. The van der Waals surface area contributed by atoms with E-state index in [4.69, 9.17) is 0 Å². The van der Waals surface area contributed by atoms with Crippen molar-refractivity contribution >= 4 is 5.69 Å². The molecule has 6 nitrogen and oxygen atoms in total. The molecule has 0 radical (unpaired) electrons. The highest BCUT2D eigenvalue weighted by Gasteiger charge is 2.14. The first-order chi connectivity index (χ1) is 8.67. The fraction of sp³-hybridized carbons (Fsp3) is 0.250. The second-order valence-electron chi connectivity index (χ2n) is 3.80. The van der Waals surface area contributed by atoms with Crippen LogP contribution in [0.3, 0.4) is 0 Å². The minimum absolute atomic E-state index is 0.0700. The largest absolute Gasteiger partial charge is 0.391 e. The monoisotopic (exact) mass is 247 g/mol. The SMILES string of the molecule is CCc1nccn1-c1ccc([N+](=O)[O-])c(CO)c1. The van der Waals surface area contributed by atoms with Crippen LogP contribution in [0.4, 0.5) is 5.69 Å². The fourth-order valence-corrected chi connectivity index (χ4v) is 1.86. The Morgan fingerprint density at radius 2 is 2.28 bits per heavy atom. The maximum absolute atomic E-state index is 10.8. The van der Waals surface area contributed by atoms with Gasteiger partial charge >= 0.3 is 0 Å². The summed E-state index contributed by atoms with van der Waals surface area (Å²) < 4.78 is 1.85. The molecule has 0 unspecified atom stereocenters. The zero-order valence-electron chi connectivity index (χ0n) is 9.91. The number of imidazole rings is 1. The van der Waals surface area contributed by atoms with Crippen molar-refractivity contribution in [3.63, 3.8) is 0 Å². The third-order valence-corrected chi connectivity index (χ3v) is 2.74. The number of benzene rings is 1. The summed E-state index contributed by atoms with van der Waals surface area (Å²) in [5.74, 6) is 0.868. The van der Waals surface area contributed by atoms with Gasteiger partial charge in [0.15, 0.2) is 0 Å². The summed E-state index contributed by atoms with van der Waals surface area (Å²) in [6.07, 6.45) is 4.23. The topological polar surface area (TPSA) is 81.2 Å². The lowest BCUT2D eigenvalue weighted by atomic mass is 10.1. The molecule has 0 aliphatic rings. The molecule has 2 rings (SSSR count). The van der Waals surface area contributed by atoms with Crippen LogP contribution in [-0.2, 0) is 13.0 Å². The van der Waals surface area contributed by atoms with Crippen LogP contribution in [0.2, 0.25) is 0 Å². The van der Waals surface area contributed by atoms with Gasteiger partial charge in [-0.05, 0) is 12.1 Å². The van der Waals surface area contributed by atoms with Crippen molar-refractivity contribution in [2.24, 2.45) is 0 Å². The average molecular weight is 247 g/mol. The molecule has 0 saturated heterocycles. The van der Waals surface area contributed by atoms with Crippen LogP contribution in [0.1, 0.15) is 18.3 Å². The molecular formula is C12H13N3O3. The summed E-state index contributed by atoms with van der Waals surface area (Å²) in [7, 11) is 0. The van der Waals surface area contributed by atoms with E-state index in [2.05, 4.69) is 4.98 Å². The van der Waals surface area contributed by atoms with Crippen molar-refractivity contribution < 1.29 is 10.0 Å². The Kier molecular flexibility index (Phi) is 3.38. The summed E-state index contributed by atoms with van der Waals surface area (Å²) in [4.78, 5) is 14.5. The van der Waals surface area contributed by atoms with Gasteiger partial charge in [0.25, 0.3) is 5.69 Å². The molecule has 0 aliphatic heterocycles. The van der Waals surface area contributed by atoms with Crippen molar-refractivity contribution in [3.8, 4) is 5.69 Å². The lowest BCUT2D eigenvalue weighted by Crippen LogP contribution is -2.02. The molecule has 0 aliphatic carbocycles. The number of aliphatic hydroxyl groups excluding tert-OH is 1. The molecule has 0 saturated carbocycles. The molecular weight excluding hydrogens is 234 g/mol. The van der Waals surface area contributed by atoms with E-state index in [1.165, 1.54) is 6.07 Å². The Labute approximate surface area is 104 Å². The predicted molar refractivity (Wildman–Crippen MR) is 65.5 cm³/mol. The zero-order chi connectivity index (χ0) is 13.1. The summed E-state index contributed by atoms with van der Waals surface area (Å²) in [5.41, 5.74) is 0.992. The Balaban J connectivity index is 2.51. The van der Waals surface area contributed by atoms with Crippen molar-refractivity contribution in [1.29, 1.82) is 0 Å². The van der Waals surface area contributed by atoms with Gasteiger partial charge in [-0.25, -0.2) is 4.98 Å². The molecule has 94 valence electrons. The molecule has 2 aromatic rings. The van der Waals surface area contributed by atoms with E-state index in [1.807, 2.05) is 11.5 Å². The molecule has 0 fully saturated rings. The Bertz CT molecular complexity index is 578. The van der Waals surface area contributed by atoms with E-state index in [0.717, 1.165) is 17.9 Å². The fourth-order valence-electron chi connectivity index (χ4n) is 1.86. The van der Waals surface area contributed by atoms with Gasteiger partial charge in [0.2, 0.25) is 0 Å². The maximum Gasteiger partial charge on any atom is 0.275 e. The van der Waals surface area contributed by atoms with Crippen LogP contribution in [0.5, 0.6) is 0 Å². The first-order valence-electron chi connectivity index (χ1n) is 5.58. The molecule has 0 spiro atoms. The molecule has 18 heavy (non-hydrogen) atoms. The normalized spacial score (nSPS) is 10.6. The van der Waals surface area contributed by atoms with Gasteiger partial charge < -0.3 is 9.67 Å². The van der Waals surface area contributed by atoms with Gasteiger partial charge in [-0.3, -0.25) is 10.1 Å². The highest BCUT2D eigenvalue weighted by Crippen LogP contribution is 2.22. The first-order valence-corrected chi connectivity index (χ1v) is 5.58. The van der Waals surface area contributed by atoms with Crippen LogP contribution in [0.25, 0.3) is 5.69 Å². The first kappa shape index (κ1) is 12.3. The van der Waals surface area contributed by atoms with Crippen molar-refractivity contribution in [2.75, 3.05) is 0 Å². The molecule has 0 amide bonds. The minimum Gasteiger partial charge on any atom is -0.391 e. The number of aliphatic hydroxyl groups is 1. The number of nitro groups is 1. The lowest BCUT2D eigenvalue weighted by Gasteiger charge is -2.08. The smallest absolute Gasteiger partial charge is 0.275 e. The highest BCUT2D eigenvalue weighted by molar-refractivity contribution is 5.48. The van der Waals surface area contributed by atoms with Gasteiger partial charge in [0.05, 0.1) is 17.1 Å². The van der Waals surface area contributed by atoms with E-state index in [-0.39, 0.29) is 12.3 Å². The predicted octanol–water partition coefficient (Wildman–Crippen LogP) is 1.84. The number of rotatable bonds is 4. The molecule has 6 heteroatoms. The third kappa shape index (κ3) is 2.10. The van der Waals surface area contributed by atoms with Gasteiger partial charge in [-0.2, -0.15) is 0 Å². The highest BCUT2D eigenvalue weighted by atomic mass is 16.6. The number of aromatic nitrogens is 2. The zero-order valence-corrected chi connectivity index (χ0v) is 9.91. The van der Waals surface area contributed by atoms with Crippen LogP contribution in [-0.4, -0.2) is 19.6 Å². The van der Waals surface area contributed by atoms with Gasteiger partial charge in [0, 0.05) is 30.6 Å². The molecule has 1 aromatic heterocycles. The van der Waals surface area contributed by atoms with Crippen LogP contribution < -0.4 is 0 Å². The summed E-state index contributed by atoms with van der Waals surface area (Å²) in [5, 5.41) is 20.0. The van der Waals surface area contributed by atoms with Crippen LogP contribution in [0.15, 0.2) is 30.6 Å². The number of nitro benzene ring substituents is 1. The summed E-state index contributed by atoms with van der Waals surface area (Å²) in [6, 6.07) is 4.66. The van der Waals surface area contributed by atoms with Crippen molar-refractivity contribution in [2.45, 2.75) is 20.0 Å². The molecule has 1 aromatic carbocycles. The molecule has 1 heterocycles. The number of hydrogen-bond donors (Lipinski definition) is 1. The second kappa shape index (κ2) is 4.97. The Hall–Kier alpha value is -2.21. The average Bonchev–Trinajstić information content (AvgIpc) is 2.86. The Morgan fingerprint density at radius 1 is 1.50 bits per heavy atom. The minimum atomic E-state index is -0.496. The number of hydrogen-bond acceptors (Lipinski definition) is 4. The number of aryl methyl sites for hydroxylation is 1. The number of nitrogens with zero attached hydrogens (tertiary/aromatic N) is 3. The molecule has 1 N–H and O–H groups in total. The summed E-state index contributed by atoms with van der Waals surface area (Å²) in [6.45, 7) is 1.62. The quantitative estimate of drug-likeness (QED) is 0.660.